The number of halogens is 2. The topological polar surface area (TPSA) is 38.0 Å². The minimum Gasteiger partial charge on any atom is -0.376 e. The standard InChI is InChI=1S/C8H10N2S.2BrH/c9-8(11)10-6-7-4-2-1-3-5-7;;/h1-5H,6H2,(H3,9,10,11);2*1H. The van der Waals surface area contributed by atoms with Gasteiger partial charge in [-0.15, -0.1) is 34.0 Å². The van der Waals surface area contributed by atoms with Crippen LogP contribution in [0.2, 0.25) is 0 Å². The minimum absolute atomic E-state index is 0. The molecule has 0 unspecified atom stereocenters. The number of rotatable bonds is 2. The lowest BCUT2D eigenvalue weighted by Gasteiger charge is -2.02. The van der Waals surface area contributed by atoms with Crippen molar-refractivity contribution in [3.63, 3.8) is 0 Å². The summed E-state index contributed by atoms with van der Waals surface area (Å²) < 4.78 is 0. The van der Waals surface area contributed by atoms with Crippen LogP contribution in [-0.4, -0.2) is 5.11 Å². The summed E-state index contributed by atoms with van der Waals surface area (Å²) in [5.41, 5.74) is 6.44. The zero-order chi connectivity index (χ0) is 8.10. The second-order valence-corrected chi connectivity index (χ2v) is 2.64. The molecule has 0 bridgehead atoms. The van der Waals surface area contributed by atoms with E-state index < -0.39 is 0 Å². The Hall–Kier alpha value is -0.130. The fourth-order valence-corrected chi connectivity index (χ4v) is 0.857. The molecule has 0 amide bonds. The number of hydrogen-bond donors (Lipinski definition) is 2. The molecule has 0 saturated carbocycles. The predicted molar refractivity (Wildman–Crippen MR) is 70.7 cm³/mol. The maximum atomic E-state index is 5.26. The number of nitrogens with two attached hydrogens (primary N) is 1. The summed E-state index contributed by atoms with van der Waals surface area (Å²) >= 11 is 4.66. The summed E-state index contributed by atoms with van der Waals surface area (Å²) in [5, 5.41) is 3.21. The van der Waals surface area contributed by atoms with Crippen LogP contribution in [0.1, 0.15) is 5.56 Å². The number of hydrogen-bond acceptors (Lipinski definition) is 1. The van der Waals surface area contributed by atoms with E-state index in [0.29, 0.717) is 11.7 Å². The van der Waals surface area contributed by atoms with Gasteiger partial charge in [0.2, 0.25) is 0 Å². The highest BCUT2D eigenvalue weighted by Crippen LogP contribution is 1.96. The maximum Gasteiger partial charge on any atom is 0.163 e. The molecule has 0 saturated heterocycles. The van der Waals surface area contributed by atoms with Gasteiger partial charge in [0, 0.05) is 6.54 Å². The van der Waals surface area contributed by atoms with Gasteiger partial charge in [0.1, 0.15) is 0 Å². The smallest absolute Gasteiger partial charge is 0.163 e. The van der Waals surface area contributed by atoms with Gasteiger partial charge in [-0.1, -0.05) is 30.3 Å². The zero-order valence-corrected chi connectivity index (χ0v) is 11.1. The number of thiocarbonyl (C=S) groups is 1. The molecule has 0 heterocycles. The SMILES string of the molecule is Br.Br.NC(=S)NCc1ccccc1. The highest BCUT2D eigenvalue weighted by atomic mass is 79.9. The van der Waals surface area contributed by atoms with Gasteiger partial charge in [-0.3, -0.25) is 0 Å². The van der Waals surface area contributed by atoms with Crippen molar-refractivity contribution in [2.24, 2.45) is 5.73 Å². The molecule has 5 heteroatoms. The van der Waals surface area contributed by atoms with Crippen molar-refractivity contribution in [2.75, 3.05) is 0 Å². The van der Waals surface area contributed by atoms with Crippen LogP contribution >= 0.6 is 46.2 Å². The Morgan fingerprint density at radius 3 is 2.23 bits per heavy atom. The van der Waals surface area contributed by atoms with E-state index in [-0.39, 0.29) is 34.0 Å². The number of benzene rings is 1. The molecule has 74 valence electrons. The average molecular weight is 328 g/mol. The lowest BCUT2D eigenvalue weighted by Crippen LogP contribution is -2.28. The van der Waals surface area contributed by atoms with E-state index in [2.05, 4.69) is 17.5 Å². The summed E-state index contributed by atoms with van der Waals surface area (Å²) in [7, 11) is 0. The molecule has 0 atom stereocenters. The summed E-state index contributed by atoms with van der Waals surface area (Å²) in [6.07, 6.45) is 0. The van der Waals surface area contributed by atoms with Crippen LogP contribution in [0, 0.1) is 0 Å². The second kappa shape index (κ2) is 8.47. The molecular weight excluding hydrogens is 316 g/mol. The molecule has 0 aliphatic carbocycles. The summed E-state index contributed by atoms with van der Waals surface area (Å²) in [5.74, 6) is 0. The molecule has 0 fully saturated rings. The van der Waals surface area contributed by atoms with Gasteiger partial charge in [0.25, 0.3) is 0 Å². The third-order valence-electron chi connectivity index (χ3n) is 1.31. The molecule has 1 aromatic rings. The molecule has 13 heavy (non-hydrogen) atoms. The van der Waals surface area contributed by atoms with Gasteiger partial charge in [0.05, 0.1) is 0 Å². The molecule has 0 aliphatic rings. The lowest BCUT2D eigenvalue weighted by molar-refractivity contribution is 0.920. The fraction of sp³-hybridized carbons (Fsp3) is 0.125. The van der Waals surface area contributed by atoms with E-state index in [4.69, 9.17) is 5.73 Å². The van der Waals surface area contributed by atoms with Crippen molar-refractivity contribution in [3.8, 4) is 0 Å². The van der Waals surface area contributed by atoms with Crippen molar-refractivity contribution in [1.82, 2.24) is 5.32 Å². The van der Waals surface area contributed by atoms with Crippen LogP contribution in [0.15, 0.2) is 30.3 Å². The molecule has 0 spiro atoms. The Bertz CT molecular complexity index is 241. The lowest BCUT2D eigenvalue weighted by atomic mass is 10.2. The first-order chi connectivity index (χ1) is 5.29. The third kappa shape index (κ3) is 6.98. The van der Waals surface area contributed by atoms with Crippen LogP contribution in [0.4, 0.5) is 0 Å². The first kappa shape index (κ1) is 15.3. The quantitative estimate of drug-likeness (QED) is 0.818. The van der Waals surface area contributed by atoms with E-state index in [1.807, 2.05) is 30.3 Å². The first-order valence-corrected chi connectivity index (χ1v) is 3.77. The monoisotopic (exact) mass is 326 g/mol. The van der Waals surface area contributed by atoms with Crippen LogP contribution in [0.5, 0.6) is 0 Å². The van der Waals surface area contributed by atoms with Crippen LogP contribution in [0.3, 0.4) is 0 Å². The average Bonchev–Trinajstić information content (AvgIpc) is 2.03. The fourth-order valence-electron chi connectivity index (χ4n) is 0.785. The van der Waals surface area contributed by atoms with Crippen molar-refractivity contribution >= 4 is 51.3 Å². The first-order valence-electron chi connectivity index (χ1n) is 3.36. The van der Waals surface area contributed by atoms with Gasteiger partial charge in [-0.25, -0.2) is 0 Å². The maximum absolute atomic E-state index is 5.26. The van der Waals surface area contributed by atoms with Crippen LogP contribution in [0.25, 0.3) is 0 Å². The van der Waals surface area contributed by atoms with Gasteiger partial charge in [-0.2, -0.15) is 0 Å². The molecule has 1 rings (SSSR count). The highest BCUT2D eigenvalue weighted by molar-refractivity contribution is 8.93. The highest BCUT2D eigenvalue weighted by Gasteiger charge is 1.89. The van der Waals surface area contributed by atoms with E-state index in [0.717, 1.165) is 0 Å². The Morgan fingerprint density at radius 1 is 1.23 bits per heavy atom. The largest absolute Gasteiger partial charge is 0.376 e. The molecule has 3 N–H and O–H groups in total. The third-order valence-corrected chi connectivity index (χ3v) is 1.45. The van der Waals surface area contributed by atoms with Gasteiger partial charge < -0.3 is 11.1 Å². The molecule has 0 aliphatic heterocycles. The van der Waals surface area contributed by atoms with Gasteiger partial charge >= 0.3 is 0 Å². The molecule has 2 nitrogen and oxygen atoms in total. The van der Waals surface area contributed by atoms with Crippen molar-refractivity contribution < 1.29 is 0 Å². The van der Waals surface area contributed by atoms with E-state index in [1.165, 1.54) is 5.56 Å². The molecule has 0 aromatic heterocycles. The predicted octanol–water partition coefficient (Wildman–Crippen LogP) is 2.18. The Morgan fingerprint density at radius 2 is 1.77 bits per heavy atom. The van der Waals surface area contributed by atoms with Crippen LogP contribution < -0.4 is 11.1 Å². The second-order valence-electron chi connectivity index (χ2n) is 2.20. The molecule has 0 radical (unpaired) electrons. The number of nitrogens with one attached hydrogen (secondary N) is 1. The molecular formula is C8H12Br2N2S. The molecule has 1 aromatic carbocycles. The van der Waals surface area contributed by atoms with Gasteiger partial charge in [0.15, 0.2) is 5.11 Å². The summed E-state index contributed by atoms with van der Waals surface area (Å²) in [6, 6.07) is 9.98. The normalized spacial score (nSPS) is 7.69. The Balaban J connectivity index is 0. The van der Waals surface area contributed by atoms with E-state index in [9.17, 15) is 0 Å². The summed E-state index contributed by atoms with van der Waals surface area (Å²) in [6.45, 7) is 0.705. The van der Waals surface area contributed by atoms with Crippen molar-refractivity contribution in [3.05, 3.63) is 35.9 Å². The minimum atomic E-state index is 0. The van der Waals surface area contributed by atoms with Crippen molar-refractivity contribution in [1.29, 1.82) is 0 Å². The van der Waals surface area contributed by atoms with Crippen LogP contribution in [-0.2, 0) is 6.54 Å². The Labute approximate surface area is 104 Å². The van der Waals surface area contributed by atoms with Gasteiger partial charge in [-0.05, 0) is 17.8 Å². The van der Waals surface area contributed by atoms with E-state index in [1.54, 1.807) is 0 Å². The zero-order valence-electron chi connectivity index (χ0n) is 6.90. The Kier molecular flexibility index (Phi) is 10.00. The van der Waals surface area contributed by atoms with Crippen molar-refractivity contribution in [2.45, 2.75) is 6.54 Å². The van der Waals surface area contributed by atoms with E-state index >= 15 is 0 Å². The summed E-state index contributed by atoms with van der Waals surface area (Å²) in [4.78, 5) is 0.